The van der Waals surface area contributed by atoms with Crippen molar-refractivity contribution in [2.75, 3.05) is 6.61 Å². The van der Waals surface area contributed by atoms with Crippen LogP contribution >= 0.6 is 0 Å². The monoisotopic (exact) mass is 295 g/mol. The lowest BCUT2D eigenvalue weighted by molar-refractivity contribution is -0.384. The van der Waals surface area contributed by atoms with Crippen LogP contribution in [0.3, 0.4) is 0 Å². The van der Waals surface area contributed by atoms with Gasteiger partial charge in [-0.15, -0.1) is 0 Å². The van der Waals surface area contributed by atoms with Crippen molar-refractivity contribution < 1.29 is 9.66 Å². The van der Waals surface area contributed by atoms with E-state index in [9.17, 15) is 10.1 Å². The predicted molar refractivity (Wildman–Crippen MR) is 80.9 cm³/mol. The van der Waals surface area contributed by atoms with Crippen LogP contribution < -0.4 is 10.2 Å². The number of rotatable bonds is 2. The van der Waals surface area contributed by atoms with Gasteiger partial charge < -0.3 is 10.2 Å². The molecule has 0 saturated heterocycles. The lowest BCUT2D eigenvalue weighted by Crippen LogP contribution is -2.31. The molecule has 0 unspecified atom stereocenters. The maximum Gasteiger partial charge on any atom is 0.269 e. The molecule has 2 heterocycles. The lowest BCUT2D eigenvalue weighted by Gasteiger charge is -2.26. The molecule has 0 radical (unpaired) electrons. The van der Waals surface area contributed by atoms with Gasteiger partial charge in [-0.3, -0.25) is 10.1 Å². The molecule has 2 aromatic carbocycles. The molecule has 0 aliphatic carbocycles. The minimum atomic E-state index is -0.395. The number of nitro benzene ring substituents is 1. The third-order valence-corrected chi connectivity index (χ3v) is 4.12. The molecule has 0 saturated carbocycles. The summed E-state index contributed by atoms with van der Waals surface area (Å²) in [5.41, 5.74) is 6.20. The van der Waals surface area contributed by atoms with E-state index in [0.29, 0.717) is 6.61 Å². The van der Waals surface area contributed by atoms with E-state index in [1.165, 1.54) is 12.1 Å². The molecule has 0 amide bonds. The van der Waals surface area contributed by atoms with E-state index in [0.717, 1.165) is 22.6 Å². The largest absolute Gasteiger partial charge is 0.492 e. The van der Waals surface area contributed by atoms with Crippen LogP contribution in [0.25, 0.3) is 0 Å². The van der Waals surface area contributed by atoms with E-state index < -0.39 is 4.92 Å². The summed E-state index contributed by atoms with van der Waals surface area (Å²) in [6.07, 6.45) is 0. The van der Waals surface area contributed by atoms with Crippen molar-refractivity contribution in [2.24, 2.45) is 11.0 Å². The molecular weight excluding hydrogens is 282 g/mol. The van der Waals surface area contributed by atoms with Crippen molar-refractivity contribution in [2.45, 2.75) is 6.04 Å². The standard InChI is InChI=1S/C16H13N3O3/c20-19(21)11-7-5-10(6-8-11)15-13-9-22-14-4-2-1-3-12(14)16(13)18-17-15/h1-8,13,15,17H,9H2/t13-,15+/m1/s1. The van der Waals surface area contributed by atoms with Gasteiger partial charge in [-0.05, 0) is 17.7 Å². The van der Waals surface area contributed by atoms with Gasteiger partial charge in [0.25, 0.3) is 5.69 Å². The summed E-state index contributed by atoms with van der Waals surface area (Å²) in [5.74, 6) is 0.958. The second kappa shape index (κ2) is 4.84. The van der Waals surface area contributed by atoms with Crippen LogP contribution in [0.15, 0.2) is 53.6 Å². The second-order valence-electron chi connectivity index (χ2n) is 5.37. The Labute approximate surface area is 126 Å². The zero-order valence-corrected chi connectivity index (χ0v) is 11.6. The minimum absolute atomic E-state index is 0.0239. The van der Waals surface area contributed by atoms with Crippen molar-refractivity contribution in [1.29, 1.82) is 0 Å². The van der Waals surface area contributed by atoms with Crippen molar-refractivity contribution in [3.05, 3.63) is 69.8 Å². The molecule has 22 heavy (non-hydrogen) atoms. The molecule has 110 valence electrons. The molecule has 4 rings (SSSR count). The summed E-state index contributed by atoms with van der Waals surface area (Å²) in [6, 6.07) is 14.4. The van der Waals surface area contributed by atoms with E-state index >= 15 is 0 Å². The number of para-hydroxylation sites is 1. The number of nitrogens with zero attached hydrogens (tertiary/aromatic N) is 2. The fraction of sp³-hybridized carbons (Fsp3) is 0.188. The number of hydrazone groups is 1. The van der Waals surface area contributed by atoms with Crippen LogP contribution in [0.1, 0.15) is 17.2 Å². The van der Waals surface area contributed by atoms with Crippen LogP contribution in [0, 0.1) is 16.0 Å². The maximum atomic E-state index is 10.7. The molecule has 2 aromatic rings. The van der Waals surface area contributed by atoms with Gasteiger partial charge in [0, 0.05) is 17.7 Å². The van der Waals surface area contributed by atoms with E-state index in [1.807, 2.05) is 24.3 Å². The number of non-ortho nitro benzene ring substituents is 1. The normalized spacial score (nSPS) is 21.9. The van der Waals surface area contributed by atoms with Crippen molar-refractivity contribution in [1.82, 2.24) is 5.43 Å². The number of fused-ring (bicyclic) bond motifs is 3. The first-order valence-electron chi connectivity index (χ1n) is 7.04. The Morgan fingerprint density at radius 1 is 1.18 bits per heavy atom. The molecule has 6 nitrogen and oxygen atoms in total. The average Bonchev–Trinajstić information content (AvgIpc) is 2.99. The fourth-order valence-electron chi connectivity index (χ4n) is 3.00. The summed E-state index contributed by atoms with van der Waals surface area (Å²) < 4.78 is 5.82. The van der Waals surface area contributed by atoms with E-state index in [1.54, 1.807) is 12.1 Å². The Hall–Kier alpha value is -2.89. The molecule has 1 N–H and O–H groups in total. The fourth-order valence-corrected chi connectivity index (χ4v) is 3.00. The topological polar surface area (TPSA) is 76.8 Å². The first-order chi connectivity index (χ1) is 10.7. The Bertz CT molecular complexity index is 770. The van der Waals surface area contributed by atoms with Crippen LogP contribution in [0.4, 0.5) is 5.69 Å². The predicted octanol–water partition coefficient (Wildman–Crippen LogP) is 2.65. The number of nitrogens with one attached hydrogen (secondary N) is 1. The number of hydrogen-bond acceptors (Lipinski definition) is 5. The summed E-state index contributed by atoms with van der Waals surface area (Å²) >= 11 is 0. The summed E-state index contributed by atoms with van der Waals surface area (Å²) in [5, 5.41) is 15.2. The van der Waals surface area contributed by atoms with Crippen LogP contribution in [-0.4, -0.2) is 17.2 Å². The highest BCUT2D eigenvalue weighted by Crippen LogP contribution is 2.37. The Kier molecular flexibility index (Phi) is 2.82. The minimum Gasteiger partial charge on any atom is -0.492 e. The maximum absolute atomic E-state index is 10.7. The number of nitro groups is 1. The van der Waals surface area contributed by atoms with Gasteiger partial charge in [-0.2, -0.15) is 5.10 Å². The molecule has 0 aromatic heterocycles. The van der Waals surface area contributed by atoms with Gasteiger partial charge >= 0.3 is 0 Å². The zero-order valence-electron chi connectivity index (χ0n) is 11.6. The molecule has 0 spiro atoms. The third-order valence-electron chi connectivity index (χ3n) is 4.12. The Morgan fingerprint density at radius 2 is 1.95 bits per heavy atom. The summed E-state index contributed by atoms with van der Waals surface area (Å²) in [4.78, 5) is 10.4. The van der Waals surface area contributed by atoms with Crippen LogP contribution in [-0.2, 0) is 0 Å². The molecule has 2 aliphatic heterocycles. The summed E-state index contributed by atoms with van der Waals surface area (Å²) in [7, 11) is 0. The number of benzene rings is 2. The summed E-state index contributed by atoms with van der Waals surface area (Å²) in [6.45, 7) is 0.546. The Morgan fingerprint density at radius 3 is 2.73 bits per heavy atom. The molecule has 0 fully saturated rings. The third kappa shape index (κ3) is 1.92. The van der Waals surface area contributed by atoms with E-state index in [4.69, 9.17) is 4.74 Å². The van der Waals surface area contributed by atoms with Gasteiger partial charge in [0.1, 0.15) is 5.75 Å². The van der Waals surface area contributed by atoms with Gasteiger partial charge in [0.2, 0.25) is 0 Å². The molecular formula is C16H13N3O3. The van der Waals surface area contributed by atoms with Crippen molar-refractivity contribution in [3.8, 4) is 5.75 Å². The first-order valence-corrected chi connectivity index (χ1v) is 7.04. The highest BCUT2D eigenvalue weighted by molar-refractivity contribution is 6.06. The molecule has 0 bridgehead atoms. The van der Waals surface area contributed by atoms with E-state index in [-0.39, 0.29) is 17.6 Å². The molecule has 2 atom stereocenters. The molecule has 6 heteroatoms. The Balaban J connectivity index is 1.64. The van der Waals surface area contributed by atoms with Gasteiger partial charge in [0.15, 0.2) is 0 Å². The quantitative estimate of drug-likeness (QED) is 0.682. The first kappa shape index (κ1) is 12.8. The van der Waals surface area contributed by atoms with Crippen LogP contribution in [0.2, 0.25) is 0 Å². The smallest absolute Gasteiger partial charge is 0.269 e. The molecule has 2 aliphatic rings. The highest BCUT2D eigenvalue weighted by Gasteiger charge is 2.38. The van der Waals surface area contributed by atoms with Crippen molar-refractivity contribution >= 4 is 11.4 Å². The van der Waals surface area contributed by atoms with E-state index in [2.05, 4.69) is 10.5 Å². The highest BCUT2D eigenvalue weighted by atomic mass is 16.6. The SMILES string of the molecule is O=[N+]([O-])c1ccc([C@@H]2NN=C3c4ccccc4OC[C@@H]32)cc1. The van der Waals surface area contributed by atoms with Crippen molar-refractivity contribution in [3.63, 3.8) is 0 Å². The van der Waals surface area contributed by atoms with Gasteiger partial charge in [-0.1, -0.05) is 24.3 Å². The van der Waals surface area contributed by atoms with Gasteiger partial charge in [-0.25, -0.2) is 0 Å². The van der Waals surface area contributed by atoms with Crippen LogP contribution in [0.5, 0.6) is 5.75 Å². The second-order valence-corrected chi connectivity index (χ2v) is 5.37. The number of ether oxygens (including phenoxy) is 1. The lowest BCUT2D eigenvalue weighted by atomic mass is 9.86. The zero-order chi connectivity index (χ0) is 15.1. The number of hydrogen-bond donors (Lipinski definition) is 1. The van der Waals surface area contributed by atoms with Gasteiger partial charge in [0.05, 0.1) is 29.2 Å². The average molecular weight is 295 g/mol.